The molecule has 110 valence electrons. The molecule has 0 radical (unpaired) electrons. The zero-order valence-corrected chi connectivity index (χ0v) is 12.9. The molecule has 1 saturated heterocycles. The highest BCUT2D eigenvalue weighted by Gasteiger charge is 2.26. The highest BCUT2D eigenvalue weighted by molar-refractivity contribution is 5.08. The summed E-state index contributed by atoms with van der Waals surface area (Å²) < 4.78 is 0. The van der Waals surface area contributed by atoms with Crippen molar-refractivity contribution in [3.63, 3.8) is 0 Å². The summed E-state index contributed by atoms with van der Waals surface area (Å²) in [6, 6.07) is 0. The van der Waals surface area contributed by atoms with Crippen molar-refractivity contribution in [2.24, 2.45) is 17.8 Å². The Kier molecular flexibility index (Phi) is 5.86. The van der Waals surface area contributed by atoms with Gasteiger partial charge < -0.3 is 10.6 Å². The Morgan fingerprint density at radius 3 is 2.74 bits per heavy atom. The Bertz CT molecular complexity index is 294. The zero-order chi connectivity index (χ0) is 13.7. The summed E-state index contributed by atoms with van der Waals surface area (Å²) in [4.78, 5) is 2.56. The first-order valence-corrected chi connectivity index (χ1v) is 7.98. The second-order valence-corrected chi connectivity index (χ2v) is 6.51. The highest BCUT2D eigenvalue weighted by atomic mass is 15.2. The molecular weight excluding hydrogens is 234 g/mol. The largest absolute Gasteiger partial charge is 0.315 e. The molecule has 0 aromatic carbocycles. The van der Waals surface area contributed by atoms with Gasteiger partial charge in [0.25, 0.3) is 0 Å². The minimum absolute atomic E-state index is 0.732. The fraction of sp³-hybridized carbons (Fsp3) is 0.875. The van der Waals surface area contributed by atoms with Gasteiger partial charge in [-0.15, -0.1) is 0 Å². The summed E-state index contributed by atoms with van der Waals surface area (Å²) in [6.45, 7) is 15.3. The van der Waals surface area contributed by atoms with Gasteiger partial charge in [0.2, 0.25) is 0 Å². The first-order valence-electron chi connectivity index (χ1n) is 7.98. The van der Waals surface area contributed by atoms with Crippen molar-refractivity contribution in [3.8, 4) is 0 Å². The van der Waals surface area contributed by atoms with Crippen molar-refractivity contribution in [1.82, 2.24) is 15.5 Å². The smallest absolute Gasteiger partial charge is 0.0108 e. The summed E-state index contributed by atoms with van der Waals surface area (Å²) in [5.41, 5.74) is 1.58. The number of hydrogen-bond donors (Lipinski definition) is 2. The Balaban J connectivity index is 1.64. The molecule has 0 spiro atoms. The van der Waals surface area contributed by atoms with Crippen LogP contribution in [0.2, 0.25) is 0 Å². The minimum Gasteiger partial charge on any atom is -0.315 e. The maximum Gasteiger partial charge on any atom is 0.0108 e. The second kappa shape index (κ2) is 7.41. The predicted octanol–water partition coefficient (Wildman–Crippen LogP) is 1.72. The Morgan fingerprint density at radius 2 is 2.05 bits per heavy atom. The van der Waals surface area contributed by atoms with Crippen LogP contribution in [-0.2, 0) is 0 Å². The lowest BCUT2D eigenvalue weighted by Gasteiger charge is -2.33. The molecule has 3 nitrogen and oxygen atoms in total. The van der Waals surface area contributed by atoms with Crippen LogP contribution in [0, 0.1) is 17.8 Å². The van der Waals surface area contributed by atoms with Gasteiger partial charge in [0, 0.05) is 39.3 Å². The number of nitrogens with zero attached hydrogens (tertiary/aromatic N) is 1. The van der Waals surface area contributed by atoms with Crippen LogP contribution >= 0.6 is 0 Å². The van der Waals surface area contributed by atoms with Crippen LogP contribution in [-0.4, -0.2) is 50.7 Å². The number of nitrogens with one attached hydrogen (secondary N) is 2. The third kappa shape index (κ3) is 4.59. The average Bonchev–Trinajstić information content (AvgIpc) is 2.38. The third-order valence-electron chi connectivity index (χ3n) is 4.79. The van der Waals surface area contributed by atoms with Crippen molar-refractivity contribution in [3.05, 3.63) is 11.6 Å². The molecule has 1 heterocycles. The van der Waals surface area contributed by atoms with E-state index in [-0.39, 0.29) is 0 Å². The Hall–Kier alpha value is -0.380. The van der Waals surface area contributed by atoms with Gasteiger partial charge in [0.15, 0.2) is 0 Å². The van der Waals surface area contributed by atoms with Crippen LogP contribution < -0.4 is 10.6 Å². The van der Waals surface area contributed by atoms with Crippen molar-refractivity contribution in [2.45, 2.75) is 27.2 Å². The maximum atomic E-state index is 3.69. The van der Waals surface area contributed by atoms with Crippen LogP contribution in [0.5, 0.6) is 0 Å². The molecule has 0 saturated carbocycles. The van der Waals surface area contributed by atoms with Gasteiger partial charge in [-0.2, -0.15) is 0 Å². The van der Waals surface area contributed by atoms with Crippen molar-refractivity contribution < 1.29 is 0 Å². The lowest BCUT2D eigenvalue weighted by atomic mass is 9.75. The average molecular weight is 265 g/mol. The summed E-state index contributed by atoms with van der Waals surface area (Å²) in [5.74, 6) is 2.37. The summed E-state index contributed by atoms with van der Waals surface area (Å²) in [7, 11) is 0. The van der Waals surface area contributed by atoms with Crippen molar-refractivity contribution >= 4 is 0 Å². The molecule has 0 unspecified atom stereocenters. The monoisotopic (exact) mass is 265 g/mol. The molecule has 2 aliphatic rings. The van der Waals surface area contributed by atoms with Crippen LogP contribution in [0.1, 0.15) is 27.2 Å². The molecule has 19 heavy (non-hydrogen) atoms. The fourth-order valence-corrected chi connectivity index (χ4v) is 3.65. The number of piperazine rings is 1. The summed E-state index contributed by atoms with van der Waals surface area (Å²) >= 11 is 0. The van der Waals surface area contributed by atoms with E-state index in [0.29, 0.717) is 0 Å². The molecular formula is C16H31N3. The van der Waals surface area contributed by atoms with E-state index in [0.717, 1.165) is 37.4 Å². The molecule has 3 heteroatoms. The fourth-order valence-electron chi connectivity index (χ4n) is 3.65. The standard InChI is InChI=1S/C16H31N3/c1-13-10-14(2)16(15(3)11-13)12-18-6-9-19-7-4-17-5-8-19/h10,14-18H,4-9,11-12H2,1-3H3/t14-,15+,16-/m1/s1. The number of hydrogen-bond acceptors (Lipinski definition) is 3. The van der Waals surface area contributed by atoms with Crippen molar-refractivity contribution in [1.29, 1.82) is 0 Å². The van der Waals surface area contributed by atoms with Gasteiger partial charge in [-0.25, -0.2) is 0 Å². The van der Waals surface area contributed by atoms with E-state index in [2.05, 4.69) is 42.4 Å². The highest BCUT2D eigenvalue weighted by Crippen LogP contribution is 2.32. The van der Waals surface area contributed by atoms with Crippen LogP contribution in [0.3, 0.4) is 0 Å². The first-order chi connectivity index (χ1) is 9.16. The zero-order valence-electron chi connectivity index (χ0n) is 12.9. The molecule has 1 aliphatic heterocycles. The summed E-state index contributed by atoms with van der Waals surface area (Å²) in [6.07, 6.45) is 3.76. The lowest BCUT2D eigenvalue weighted by Crippen LogP contribution is -2.46. The van der Waals surface area contributed by atoms with Gasteiger partial charge in [-0.1, -0.05) is 25.5 Å². The normalized spacial score (nSPS) is 33.2. The minimum atomic E-state index is 0.732. The van der Waals surface area contributed by atoms with E-state index in [4.69, 9.17) is 0 Å². The third-order valence-corrected chi connectivity index (χ3v) is 4.79. The molecule has 3 atom stereocenters. The van der Waals surface area contributed by atoms with E-state index < -0.39 is 0 Å². The van der Waals surface area contributed by atoms with E-state index in [9.17, 15) is 0 Å². The lowest BCUT2D eigenvalue weighted by molar-refractivity contribution is 0.227. The maximum absolute atomic E-state index is 3.69. The molecule has 2 N–H and O–H groups in total. The van der Waals surface area contributed by atoms with Gasteiger partial charge in [-0.3, -0.25) is 4.90 Å². The number of rotatable bonds is 5. The molecule has 0 amide bonds. The topological polar surface area (TPSA) is 27.3 Å². The van der Waals surface area contributed by atoms with Crippen LogP contribution in [0.15, 0.2) is 11.6 Å². The molecule has 0 bridgehead atoms. The van der Waals surface area contributed by atoms with E-state index >= 15 is 0 Å². The predicted molar refractivity (Wildman–Crippen MR) is 82.4 cm³/mol. The summed E-state index contributed by atoms with van der Waals surface area (Å²) in [5, 5.41) is 7.09. The Morgan fingerprint density at radius 1 is 1.32 bits per heavy atom. The molecule has 1 aliphatic carbocycles. The first kappa shape index (κ1) is 15.0. The number of allylic oxidation sites excluding steroid dienone is 2. The van der Waals surface area contributed by atoms with Gasteiger partial charge in [0.05, 0.1) is 0 Å². The Labute approximate surface area is 118 Å². The molecule has 1 fully saturated rings. The van der Waals surface area contributed by atoms with E-state index in [1.165, 1.54) is 32.6 Å². The van der Waals surface area contributed by atoms with Gasteiger partial charge in [0.1, 0.15) is 0 Å². The van der Waals surface area contributed by atoms with Gasteiger partial charge >= 0.3 is 0 Å². The van der Waals surface area contributed by atoms with Crippen molar-refractivity contribution in [2.75, 3.05) is 45.8 Å². The SMILES string of the molecule is CC1=C[C@@H](C)[C@@H](CNCCN2CCNCC2)[C@@H](C)C1. The molecule has 2 rings (SSSR count). The second-order valence-electron chi connectivity index (χ2n) is 6.51. The van der Waals surface area contributed by atoms with Gasteiger partial charge in [-0.05, 0) is 37.6 Å². The molecule has 0 aromatic rings. The molecule has 0 aromatic heterocycles. The van der Waals surface area contributed by atoms with Crippen LogP contribution in [0.25, 0.3) is 0 Å². The van der Waals surface area contributed by atoms with E-state index in [1.807, 2.05) is 0 Å². The van der Waals surface area contributed by atoms with Crippen LogP contribution in [0.4, 0.5) is 0 Å². The van der Waals surface area contributed by atoms with E-state index in [1.54, 1.807) is 5.57 Å². The quantitative estimate of drug-likeness (QED) is 0.585.